The number of aliphatic hydroxyl groups is 1. The highest BCUT2D eigenvalue weighted by Gasteiger charge is 2.25. The molecule has 0 radical (unpaired) electrons. The lowest BCUT2D eigenvalue weighted by Crippen LogP contribution is -2.44. The third-order valence-electron chi connectivity index (χ3n) is 1.39. The number of ether oxygens (including phenoxy) is 2. The van der Waals surface area contributed by atoms with Crippen LogP contribution in [0.2, 0.25) is 0 Å². The molecule has 11 heavy (non-hydrogen) atoms. The molecule has 64 valence electrons. The van der Waals surface area contributed by atoms with Crippen LogP contribution in [0.4, 0.5) is 0 Å². The third kappa shape index (κ3) is 2.14. The Bertz CT molecular complexity index is 146. The van der Waals surface area contributed by atoms with Crippen LogP contribution < -0.4 is 5.73 Å². The zero-order chi connectivity index (χ0) is 8.27. The first-order valence-electron chi connectivity index (χ1n) is 3.38. The minimum atomic E-state index is -0.921. The molecule has 0 aromatic carbocycles. The maximum Gasteiger partial charge on any atom is 0.325 e. The van der Waals surface area contributed by atoms with Crippen molar-refractivity contribution in [2.45, 2.75) is 12.1 Å². The lowest BCUT2D eigenvalue weighted by Gasteiger charge is -2.26. The number of esters is 1. The molecule has 1 rings (SSSR count). The molecule has 0 amide bonds. The Kier molecular flexibility index (Phi) is 2.81. The maximum atomic E-state index is 10.8. The molecule has 0 spiro atoms. The van der Waals surface area contributed by atoms with Gasteiger partial charge in [0.25, 0.3) is 0 Å². The van der Waals surface area contributed by atoms with Gasteiger partial charge in [-0.05, 0) is 0 Å². The molecule has 0 aromatic heterocycles. The van der Waals surface area contributed by atoms with E-state index >= 15 is 0 Å². The molecule has 3 N–H and O–H groups in total. The summed E-state index contributed by atoms with van der Waals surface area (Å²) < 4.78 is 9.56. The van der Waals surface area contributed by atoms with E-state index in [0.717, 1.165) is 0 Å². The van der Waals surface area contributed by atoms with Crippen molar-refractivity contribution in [1.82, 2.24) is 0 Å². The molecule has 5 nitrogen and oxygen atoms in total. The Labute approximate surface area is 64.1 Å². The lowest BCUT2D eigenvalue weighted by molar-refractivity contribution is -0.174. The van der Waals surface area contributed by atoms with Gasteiger partial charge in [0.2, 0.25) is 0 Å². The van der Waals surface area contributed by atoms with E-state index in [-0.39, 0.29) is 12.7 Å². The molecule has 1 heterocycles. The van der Waals surface area contributed by atoms with Gasteiger partial charge in [-0.25, -0.2) is 0 Å². The van der Waals surface area contributed by atoms with Crippen LogP contribution in [0, 0.1) is 0 Å². The first-order valence-corrected chi connectivity index (χ1v) is 3.38. The second kappa shape index (κ2) is 3.66. The molecule has 0 aromatic rings. The highest BCUT2D eigenvalue weighted by molar-refractivity contribution is 5.75. The van der Waals surface area contributed by atoms with Crippen LogP contribution >= 0.6 is 0 Å². The zero-order valence-electron chi connectivity index (χ0n) is 6.03. The van der Waals surface area contributed by atoms with Gasteiger partial charge in [0.05, 0.1) is 19.8 Å². The van der Waals surface area contributed by atoms with Gasteiger partial charge in [0.1, 0.15) is 12.1 Å². The smallest absolute Gasteiger partial charge is 0.325 e. The summed E-state index contributed by atoms with van der Waals surface area (Å²) in [6, 6.07) is -0.921. The topological polar surface area (TPSA) is 81.8 Å². The molecule has 0 saturated carbocycles. The fourth-order valence-electron chi connectivity index (χ4n) is 0.608. The predicted octanol–water partition coefficient (Wildman–Crippen LogP) is -1.75. The second-order valence-corrected chi connectivity index (χ2v) is 2.39. The van der Waals surface area contributed by atoms with Crippen LogP contribution in [0.15, 0.2) is 0 Å². The van der Waals surface area contributed by atoms with Gasteiger partial charge in [0.15, 0.2) is 0 Å². The predicted molar refractivity (Wildman–Crippen MR) is 35.8 cm³/mol. The Hall–Kier alpha value is -0.650. The van der Waals surface area contributed by atoms with Crippen molar-refractivity contribution in [2.75, 3.05) is 19.8 Å². The summed E-state index contributed by atoms with van der Waals surface area (Å²) in [5.74, 6) is -0.569. The highest BCUT2D eigenvalue weighted by atomic mass is 16.6. The minimum absolute atomic E-state index is 0.167. The number of aliphatic hydroxyl groups excluding tert-OH is 1. The van der Waals surface area contributed by atoms with Crippen molar-refractivity contribution in [1.29, 1.82) is 0 Å². The fourth-order valence-corrected chi connectivity index (χ4v) is 0.608. The lowest BCUT2D eigenvalue weighted by atomic mass is 10.3. The molecule has 1 aliphatic rings. The molecular weight excluding hydrogens is 150 g/mol. The van der Waals surface area contributed by atoms with Crippen molar-refractivity contribution in [2.24, 2.45) is 5.73 Å². The summed E-state index contributed by atoms with van der Waals surface area (Å²) in [6.45, 7) is 0.486. The number of hydrogen-bond acceptors (Lipinski definition) is 5. The molecule has 1 fully saturated rings. The molecular formula is C6H11NO4. The quantitative estimate of drug-likeness (QED) is 0.479. The summed E-state index contributed by atoms with van der Waals surface area (Å²) in [7, 11) is 0. The molecule has 0 aliphatic carbocycles. The number of hydrogen-bond donors (Lipinski definition) is 2. The standard InChI is InChI=1S/C6H11NO4/c7-5(1-8)6(9)11-4-2-10-3-4/h4-5,8H,1-3,7H2/t5-/m1/s1. The Balaban J connectivity index is 2.19. The van der Waals surface area contributed by atoms with Gasteiger partial charge >= 0.3 is 5.97 Å². The Morgan fingerprint density at radius 2 is 2.45 bits per heavy atom. The number of rotatable bonds is 3. The zero-order valence-corrected chi connectivity index (χ0v) is 6.03. The van der Waals surface area contributed by atoms with E-state index in [4.69, 9.17) is 20.3 Å². The van der Waals surface area contributed by atoms with Gasteiger partial charge in [-0.3, -0.25) is 4.79 Å². The normalized spacial score (nSPS) is 20.5. The van der Waals surface area contributed by atoms with E-state index in [1.807, 2.05) is 0 Å². The number of nitrogens with two attached hydrogens (primary N) is 1. The van der Waals surface area contributed by atoms with Gasteiger partial charge in [-0.1, -0.05) is 0 Å². The van der Waals surface area contributed by atoms with Crippen LogP contribution in [-0.4, -0.2) is 43.0 Å². The SMILES string of the molecule is N[C@H](CO)C(=O)OC1COC1. The molecule has 1 saturated heterocycles. The summed E-state index contributed by atoms with van der Waals surface area (Å²) >= 11 is 0. The van der Waals surface area contributed by atoms with Crippen LogP contribution in [0.3, 0.4) is 0 Å². The monoisotopic (exact) mass is 161 g/mol. The summed E-state index contributed by atoms with van der Waals surface area (Å²) in [5, 5.41) is 8.45. The second-order valence-electron chi connectivity index (χ2n) is 2.39. The van der Waals surface area contributed by atoms with Crippen molar-refractivity contribution in [3.63, 3.8) is 0 Å². The highest BCUT2D eigenvalue weighted by Crippen LogP contribution is 2.05. The number of carbonyl (C=O) groups is 1. The Morgan fingerprint density at radius 3 is 2.82 bits per heavy atom. The van der Waals surface area contributed by atoms with Crippen molar-refractivity contribution in [3.8, 4) is 0 Å². The molecule has 1 atom stereocenters. The van der Waals surface area contributed by atoms with Gasteiger partial charge in [-0.2, -0.15) is 0 Å². The van der Waals surface area contributed by atoms with Crippen molar-refractivity contribution < 1.29 is 19.4 Å². The summed E-state index contributed by atoms with van der Waals surface area (Å²) in [6.07, 6.45) is -0.167. The summed E-state index contributed by atoms with van der Waals surface area (Å²) in [5.41, 5.74) is 5.18. The third-order valence-corrected chi connectivity index (χ3v) is 1.39. The molecule has 0 bridgehead atoms. The maximum absolute atomic E-state index is 10.8. The fraction of sp³-hybridized carbons (Fsp3) is 0.833. The van der Waals surface area contributed by atoms with E-state index in [1.54, 1.807) is 0 Å². The van der Waals surface area contributed by atoms with Gasteiger partial charge in [-0.15, -0.1) is 0 Å². The first-order chi connectivity index (χ1) is 5.24. The van der Waals surface area contributed by atoms with E-state index in [9.17, 15) is 4.79 Å². The van der Waals surface area contributed by atoms with Crippen LogP contribution in [-0.2, 0) is 14.3 Å². The van der Waals surface area contributed by atoms with E-state index in [0.29, 0.717) is 13.2 Å². The van der Waals surface area contributed by atoms with Gasteiger partial charge < -0.3 is 20.3 Å². The van der Waals surface area contributed by atoms with Crippen LogP contribution in [0.1, 0.15) is 0 Å². The van der Waals surface area contributed by atoms with Crippen molar-refractivity contribution in [3.05, 3.63) is 0 Å². The molecule has 5 heteroatoms. The Morgan fingerprint density at radius 1 is 1.82 bits per heavy atom. The van der Waals surface area contributed by atoms with Gasteiger partial charge in [0, 0.05) is 0 Å². The van der Waals surface area contributed by atoms with E-state index < -0.39 is 12.0 Å². The van der Waals surface area contributed by atoms with Crippen LogP contribution in [0.25, 0.3) is 0 Å². The van der Waals surface area contributed by atoms with E-state index in [2.05, 4.69) is 0 Å². The average molecular weight is 161 g/mol. The van der Waals surface area contributed by atoms with Crippen LogP contribution in [0.5, 0.6) is 0 Å². The molecule has 0 unspecified atom stereocenters. The van der Waals surface area contributed by atoms with Crippen molar-refractivity contribution >= 4 is 5.97 Å². The summed E-state index contributed by atoms with van der Waals surface area (Å²) in [4.78, 5) is 10.8. The van der Waals surface area contributed by atoms with E-state index in [1.165, 1.54) is 0 Å². The molecule has 1 aliphatic heterocycles. The average Bonchev–Trinajstić information content (AvgIpc) is 1.94. The minimum Gasteiger partial charge on any atom is -0.456 e. The number of carbonyl (C=O) groups excluding carboxylic acids is 1. The first kappa shape index (κ1) is 8.45. The largest absolute Gasteiger partial charge is 0.456 e.